The number of piperidine rings is 1. The van der Waals surface area contributed by atoms with Gasteiger partial charge in [0.05, 0.1) is 6.20 Å². The van der Waals surface area contributed by atoms with E-state index in [-0.39, 0.29) is 4.90 Å². The Kier molecular flexibility index (Phi) is 4.68. The van der Waals surface area contributed by atoms with Crippen LogP contribution in [0.25, 0.3) is 11.2 Å². The van der Waals surface area contributed by atoms with Crippen molar-refractivity contribution in [3.63, 3.8) is 0 Å². The second-order valence-corrected chi connectivity index (χ2v) is 8.59. The van der Waals surface area contributed by atoms with Crippen molar-refractivity contribution in [2.45, 2.75) is 42.8 Å². The molecule has 28 heavy (non-hydrogen) atoms. The third-order valence-corrected chi connectivity index (χ3v) is 5.94. The highest BCUT2D eigenvalue weighted by Gasteiger charge is 2.36. The van der Waals surface area contributed by atoms with Crippen molar-refractivity contribution in [2.24, 2.45) is 5.41 Å². The van der Waals surface area contributed by atoms with Crippen molar-refractivity contribution < 1.29 is 13.2 Å². The summed E-state index contributed by atoms with van der Waals surface area (Å²) in [5, 5.41) is 7.25. The summed E-state index contributed by atoms with van der Waals surface area (Å²) in [6.45, 7) is 6.30. The Labute approximate surface area is 164 Å². The topological polar surface area (TPSA) is 70.6 Å². The summed E-state index contributed by atoms with van der Waals surface area (Å²) >= 11 is 0.877. The SMILES string of the molecule is CC1(C)CCN(c2cnc3c(Sc4cccnc4C(F)(F)F)n[nH]c3n2)CC1. The first-order valence-corrected chi connectivity index (χ1v) is 9.71. The van der Waals surface area contributed by atoms with Gasteiger partial charge in [0.15, 0.2) is 16.4 Å². The van der Waals surface area contributed by atoms with Crippen LogP contribution in [0.5, 0.6) is 0 Å². The van der Waals surface area contributed by atoms with E-state index in [9.17, 15) is 13.2 Å². The molecule has 10 heteroatoms. The molecule has 1 aliphatic rings. The zero-order chi connectivity index (χ0) is 19.9. The highest BCUT2D eigenvalue weighted by molar-refractivity contribution is 7.99. The molecule has 0 amide bonds. The lowest BCUT2D eigenvalue weighted by Gasteiger charge is -2.37. The van der Waals surface area contributed by atoms with Crippen molar-refractivity contribution >= 4 is 28.7 Å². The van der Waals surface area contributed by atoms with Crippen molar-refractivity contribution in [3.05, 3.63) is 30.2 Å². The minimum atomic E-state index is -4.53. The number of alkyl halides is 3. The number of H-pyrrole nitrogens is 1. The number of aromatic amines is 1. The molecule has 4 heterocycles. The lowest BCUT2D eigenvalue weighted by Crippen LogP contribution is -2.37. The molecule has 0 aromatic carbocycles. The smallest absolute Gasteiger partial charge is 0.355 e. The number of rotatable bonds is 3. The Morgan fingerprint density at radius 3 is 2.64 bits per heavy atom. The van der Waals surface area contributed by atoms with Crippen molar-refractivity contribution in [1.82, 2.24) is 25.1 Å². The Morgan fingerprint density at radius 1 is 1.18 bits per heavy atom. The Bertz CT molecular complexity index is 990. The van der Waals surface area contributed by atoms with Gasteiger partial charge in [0.25, 0.3) is 0 Å². The standard InChI is InChI=1S/C18H19F3N6S/c1-17(2)5-8-27(9-6-17)12-10-23-13-15(24-12)25-26-16(13)28-11-4-3-7-22-14(11)18(19,20)21/h3-4,7,10H,5-6,8-9H2,1-2H3,(H,24,25,26). The van der Waals surface area contributed by atoms with Crippen LogP contribution in [0.3, 0.4) is 0 Å². The monoisotopic (exact) mass is 408 g/mol. The Hall–Kier alpha value is -2.36. The van der Waals surface area contributed by atoms with Gasteiger partial charge in [-0.2, -0.15) is 18.3 Å². The predicted molar refractivity (Wildman–Crippen MR) is 100 cm³/mol. The maximum absolute atomic E-state index is 13.2. The normalized spacial score (nSPS) is 17.2. The van der Waals surface area contributed by atoms with Crippen LogP contribution in [0.15, 0.2) is 34.4 Å². The molecule has 3 aromatic heterocycles. The molecule has 1 saturated heterocycles. The molecule has 0 atom stereocenters. The average molecular weight is 408 g/mol. The number of aromatic nitrogens is 5. The molecule has 6 nitrogen and oxygen atoms in total. The van der Waals surface area contributed by atoms with Crippen LogP contribution in [0.4, 0.5) is 19.0 Å². The largest absolute Gasteiger partial charge is 0.434 e. The molecule has 148 valence electrons. The quantitative estimate of drug-likeness (QED) is 0.686. The van der Waals surface area contributed by atoms with E-state index in [0.29, 0.717) is 21.6 Å². The van der Waals surface area contributed by atoms with E-state index < -0.39 is 11.9 Å². The van der Waals surface area contributed by atoms with Crippen LogP contribution in [0.1, 0.15) is 32.4 Å². The number of hydrogen-bond donors (Lipinski definition) is 1. The molecule has 0 unspecified atom stereocenters. The molecular formula is C18H19F3N6S. The van der Waals surface area contributed by atoms with E-state index in [0.717, 1.165) is 49.7 Å². The van der Waals surface area contributed by atoms with Gasteiger partial charge in [0, 0.05) is 24.2 Å². The van der Waals surface area contributed by atoms with Gasteiger partial charge < -0.3 is 4.90 Å². The summed E-state index contributed by atoms with van der Waals surface area (Å²) < 4.78 is 39.5. The van der Waals surface area contributed by atoms with E-state index in [1.165, 1.54) is 12.1 Å². The molecule has 4 rings (SSSR count). The summed E-state index contributed by atoms with van der Waals surface area (Å²) in [6.07, 6.45) is 0.391. The minimum Gasteiger partial charge on any atom is -0.355 e. The zero-order valence-electron chi connectivity index (χ0n) is 15.4. The first kappa shape index (κ1) is 19.0. The lowest BCUT2D eigenvalue weighted by molar-refractivity contribution is -0.143. The number of nitrogens with zero attached hydrogens (tertiary/aromatic N) is 5. The molecule has 1 N–H and O–H groups in total. The number of fused-ring (bicyclic) bond motifs is 1. The van der Waals surface area contributed by atoms with Gasteiger partial charge >= 0.3 is 6.18 Å². The van der Waals surface area contributed by atoms with Crippen LogP contribution < -0.4 is 4.90 Å². The van der Waals surface area contributed by atoms with E-state index in [2.05, 4.69) is 43.9 Å². The highest BCUT2D eigenvalue weighted by atomic mass is 32.2. The van der Waals surface area contributed by atoms with Crippen LogP contribution in [-0.4, -0.2) is 38.2 Å². The summed E-state index contributed by atoms with van der Waals surface area (Å²) in [5.41, 5.74) is 0.299. The van der Waals surface area contributed by atoms with E-state index in [1.807, 2.05) is 0 Å². The fourth-order valence-corrected chi connectivity index (χ4v) is 4.08. The summed E-state index contributed by atoms with van der Waals surface area (Å²) in [6, 6.07) is 2.84. The number of pyridine rings is 1. The molecule has 1 aliphatic heterocycles. The fourth-order valence-electron chi connectivity index (χ4n) is 3.13. The van der Waals surface area contributed by atoms with E-state index in [4.69, 9.17) is 0 Å². The Balaban J connectivity index is 1.60. The minimum absolute atomic E-state index is 0.0208. The third kappa shape index (κ3) is 3.78. The zero-order valence-corrected chi connectivity index (χ0v) is 16.2. The van der Waals surface area contributed by atoms with Gasteiger partial charge in [-0.1, -0.05) is 25.6 Å². The summed E-state index contributed by atoms with van der Waals surface area (Å²) in [5.74, 6) is 0.751. The Morgan fingerprint density at radius 2 is 1.93 bits per heavy atom. The maximum atomic E-state index is 13.2. The maximum Gasteiger partial charge on any atom is 0.434 e. The molecule has 3 aromatic rings. The molecule has 0 aliphatic carbocycles. The number of hydrogen-bond acceptors (Lipinski definition) is 6. The number of halogens is 3. The van der Waals surface area contributed by atoms with Crippen molar-refractivity contribution in [3.8, 4) is 0 Å². The third-order valence-electron chi connectivity index (χ3n) is 4.91. The van der Waals surface area contributed by atoms with Crippen LogP contribution in [0, 0.1) is 5.41 Å². The number of nitrogens with one attached hydrogen (secondary N) is 1. The van der Waals surface area contributed by atoms with Gasteiger partial charge in [-0.25, -0.2) is 9.97 Å². The summed E-state index contributed by atoms with van der Waals surface area (Å²) in [4.78, 5) is 14.6. The van der Waals surface area contributed by atoms with Crippen molar-refractivity contribution in [1.29, 1.82) is 0 Å². The highest BCUT2D eigenvalue weighted by Crippen LogP contribution is 2.39. The van der Waals surface area contributed by atoms with Crippen LogP contribution in [0.2, 0.25) is 0 Å². The first-order chi connectivity index (χ1) is 13.2. The second kappa shape index (κ2) is 6.91. The molecule has 0 saturated carbocycles. The van der Waals surface area contributed by atoms with E-state index >= 15 is 0 Å². The molecular weight excluding hydrogens is 389 g/mol. The molecule has 0 bridgehead atoms. The first-order valence-electron chi connectivity index (χ1n) is 8.89. The van der Waals surface area contributed by atoms with Gasteiger partial charge in [-0.15, -0.1) is 0 Å². The summed E-state index contributed by atoms with van der Waals surface area (Å²) in [7, 11) is 0. The van der Waals surface area contributed by atoms with Gasteiger partial charge in [0.2, 0.25) is 0 Å². The number of anilines is 1. The van der Waals surface area contributed by atoms with Crippen molar-refractivity contribution in [2.75, 3.05) is 18.0 Å². The molecule has 0 spiro atoms. The predicted octanol–water partition coefficient (Wildman–Crippen LogP) is 4.54. The van der Waals surface area contributed by atoms with Gasteiger partial charge in [-0.05, 0) is 30.4 Å². The average Bonchev–Trinajstić information content (AvgIpc) is 3.03. The second-order valence-electron chi connectivity index (χ2n) is 7.56. The van der Waals surface area contributed by atoms with Crippen LogP contribution in [-0.2, 0) is 6.18 Å². The van der Waals surface area contributed by atoms with Gasteiger partial charge in [0.1, 0.15) is 11.3 Å². The lowest BCUT2D eigenvalue weighted by atomic mass is 9.83. The van der Waals surface area contributed by atoms with Gasteiger partial charge in [-0.3, -0.25) is 10.1 Å². The van der Waals surface area contributed by atoms with E-state index in [1.54, 1.807) is 6.20 Å². The van der Waals surface area contributed by atoms with Crippen LogP contribution >= 0.6 is 11.8 Å². The molecule has 0 radical (unpaired) electrons. The fraction of sp³-hybridized carbons (Fsp3) is 0.444. The molecule has 1 fully saturated rings.